The number of guanidine groups is 1. The second-order valence-corrected chi connectivity index (χ2v) is 6.60. The van der Waals surface area contributed by atoms with Crippen LogP contribution in [0.25, 0.3) is 0 Å². The van der Waals surface area contributed by atoms with Crippen molar-refractivity contribution < 1.29 is 14.2 Å². The summed E-state index contributed by atoms with van der Waals surface area (Å²) in [7, 11) is 3.28. The molecule has 0 atom stereocenters. The second kappa shape index (κ2) is 9.88. The van der Waals surface area contributed by atoms with Gasteiger partial charge in [-0.15, -0.1) is 0 Å². The zero-order valence-electron chi connectivity index (χ0n) is 16.9. The Morgan fingerprint density at radius 3 is 2.64 bits per heavy atom. The maximum atomic E-state index is 5.57. The molecule has 0 bridgehead atoms. The Hall–Kier alpha value is -2.89. The van der Waals surface area contributed by atoms with Crippen molar-refractivity contribution in [2.75, 3.05) is 33.9 Å². The minimum Gasteiger partial charge on any atom is -0.493 e. The molecule has 28 heavy (non-hydrogen) atoms. The smallest absolute Gasteiger partial charge is 0.191 e. The van der Waals surface area contributed by atoms with Crippen molar-refractivity contribution in [2.45, 2.75) is 26.3 Å². The van der Waals surface area contributed by atoms with Gasteiger partial charge in [-0.1, -0.05) is 18.2 Å². The lowest BCUT2D eigenvalue weighted by molar-refractivity contribution is 0.354. The van der Waals surface area contributed by atoms with E-state index in [0.717, 1.165) is 55.6 Å². The van der Waals surface area contributed by atoms with Crippen LogP contribution in [-0.4, -0.2) is 39.9 Å². The zero-order chi connectivity index (χ0) is 19.8. The van der Waals surface area contributed by atoms with Crippen LogP contribution >= 0.6 is 0 Å². The number of nitrogens with one attached hydrogen (secondary N) is 2. The van der Waals surface area contributed by atoms with Crippen LogP contribution in [-0.2, 0) is 19.4 Å². The predicted octanol–water partition coefficient (Wildman–Crippen LogP) is 2.94. The van der Waals surface area contributed by atoms with Gasteiger partial charge in [0.05, 0.1) is 27.4 Å². The van der Waals surface area contributed by atoms with E-state index in [1.54, 1.807) is 14.2 Å². The molecular formula is C22H29N3O3. The summed E-state index contributed by atoms with van der Waals surface area (Å²) in [5.74, 6) is 3.28. The normalized spacial score (nSPS) is 12.9. The largest absolute Gasteiger partial charge is 0.493 e. The van der Waals surface area contributed by atoms with Gasteiger partial charge in [0.1, 0.15) is 5.75 Å². The molecule has 0 aliphatic carbocycles. The van der Waals surface area contributed by atoms with E-state index in [4.69, 9.17) is 14.2 Å². The lowest BCUT2D eigenvalue weighted by atomic mass is 10.1. The summed E-state index contributed by atoms with van der Waals surface area (Å²) in [6, 6.07) is 12.3. The summed E-state index contributed by atoms with van der Waals surface area (Å²) in [5, 5.41) is 6.70. The first-order chi connectivity index (χ1) is 13.7. The third-order valence-corrected chi connectivity index (χ3v) is 4.67. The third kappa shape index (κ3) is 5.09. The van der Waals surface area contributed by atoms with E-state index in [1.165, 1.54) is 11.1 Å². The molecule has 2 aromatic rings. The fraction of sp³-hybridized carbons (Fsp3) is 0.409. The number of rotatable bonds is 8. The average Bonchev–Trinajstić information content (AvgIpc) is 3.19. The number of hydrogen-bond donors (Lipinski definition) is 2. The number of fused-ring (bicyclic) bond motifs is 1. The Morgan fingerprint density at radius 1 is 1.04 bits per heavy atom. The molecule has 1 aliphatic heterocycles. The number of benzene rings is 2. The van der Waals surface area contributed by atoms with Crippen molar-refractivity contribution >= 4 is 5.96 Å². The van der Waals surface area contributed by atoms with Crippen molar-refractivity contribution in [3.05, 3.63) is 53.1 Å². The Bertz CT molecular complexity index is 821. The van der Waals surface area contributed by atoms with Gasteiger partial charge in [0.25, 0.3) is 0 Å². The van der Waals surface area contributed by atoms with Gasteiger partial charge in [0, 0.05) is 19.5 Å². The molecule has 0 spiro atoms. The van der Waals surface area contributed by atoms with Crippen LogP contribution in [0.3, 0.4) is 0 Å². The molecule has 2 aromatic carbocycles. The Balaban J connectivity index is 1.57. The number of nitrogens with zero attached hydrogens (tertiary/aromatic N) is 1. The average molecular weight is 383 g/mol. The molecule has 150 valence electrons. The SMILES string of the molecule is CCNC(=NCc1ccc(OC)c(OC)c1)NCCc1ccc2c(c1)CCO2. The Morgan fingerprint density at radius 2 is 1.86 bits per heavy atom. The molecule has 3 rings (SSSR count). The van der Waals surface area contributed by atoms with Crippen LogP contribution in [0.1, 0.15) is 23.6 Å². The topological polar surface area (TPSA) is 64.1 Å². The third-order valence-electron chi connectivity index (χ3n) is 4.67. The second-order valence-electron chi connectivity index (χ2n) is 6.60. The summed E-state index contributed by atoms with van der Waals surface area (Å²) >= 11 is 0. The van der Waals surface area contributed by atoms with Gasteiger partial charge in [-0.05, 0) is 48.2 Å². The van der Waals surface area contributed by atoms with E-state index in [2.05, 4.69) is 40.7 Å². The quantitative estimate of drug-likeness (QED) is 0.542. The lowest BCUT2D eigenvalue weighted by Gasteiger charge is -2.12. The monoisotopic (exact) mass is 383 g/mol. The van der Waals surface area contributed by atoms with Crippen LogP contribution < -0.4 is 24.8 Å². The molecule has 2 N–H and O–H groups in total. The van der Waals surface area contributed by atoms with Gasteiger partial charge in [-0.3, -0.25) is 0 Å². The first-order valence-corrected chi connectivity index (χ1v) is 9.71. The van der Waals surface area contributed by atoms with Gasteiger partial charge >= 0.3 is 0 Å². The molecule has 0 radical (unpaired) electrons. The number of methoxy groups -OCH3 is 2. The summed E-state index contributed by atoms with van der Waals surface area (Å²) in [6.45, 7) is 5.05. The fourth-order valence-corrected chi connectivity index (χ4v) is 3.21. The fourth-order valence-electron chi connectivity index (χ4n) is 3.21. The van der Waals surface area contributed by atoms with Crippen LogP contribution in [0.5, 0.6) is 17.2 Å². The standard InChI is InChI=1S/C22H29N3O3/c1-4-23-22(25-15-17-6-8-20(26-2)21(14-17)27-3)24-11-9-16-5-7-19-18(13-16)10-12-28-19/h5-8,13-14H,4,9-12,15H2,1-3H3,(H2,23,24,25). The molecule has 0 unspecified atom stereocenters. The van der Waals surface area contributed by atoms with Crippen molar-refractivity contribution in [3.63, 3.8) is 0 Å². The molecule has 6 nitrogen and oxygen atoms in total. The minimum absolute atomic E-state index is 0.561. The number of hydrogen-bond acceptors (Lipinski definition) is 4. The maximum Gasteiger partial charge on any atom is 0.191 e. The van der Waals surface area contributed by atoms with E-state index in [1.807, 2.05) is 18.2 Å². The Labute approximate surface area is 166 Å². The lowest BCUT2D eigenvalue weighted by Crippen LogP contribution is -2.38. The van der Waals surface area contributed by atoms with E-state index < -0.39 is 0 Å². The summed E-state index contributed by atoms with van der Waals surface area (Å²) in [6.07, 6.45) is 1.94. The van der Waals surface area contributed by atoms with Gasteiger partial charge in [-0.2, -0.15) is 0 Å². The molecule has 1 aliphatic rings. The van der Waals surface area contributed by atoms with E-state index in [0.29, 0.717) is 12.3 Å². The van der Waals surface area contributed by atoms with Gasteiger partial charge < -0.3 is 24.8 Å². The van der Waals surface area contributed by atoms with Gasteiger partial charge in [0.2, 0.25) is 0 Å². The predicted molar refractivity (Wildman–Crippen MR) is 112 cm³/mol. The van der Waals surface area contributed by atoms with E-state index >= 15 is 0 Å². The molecule has 1 heterocycles. The van der Waals surface area contributed by atoms with Crippen molar-refractivity contribution in [2.24, 2.45) is 4.99 Å². The van der Waals surface area contributed by atoms with Crippen LogP contribution in [0.15, 0.2) is 41.4 Å². The van der Waals surface area contributed by atoms with Crippen molar-refractivity contribution in [1.29, 1.82) is 0 Å². The van der Waals surface area contributed by atoms with Crippen LogP contribution in [0.4, 0.5) is 0 Å². The highest BCUT2D eigenvalue weighted by Crippen LogP contribution is 2.28. The van der Waals surface area contributed by atoms with E-state index in [-0.39, 0.29) is 0 Å². The first-order valence-electron chi connectivity index (χ1n) is 9.71. The molecule has 0 aromatic heterocycles. The summed E-state index contributed by atoms with van der Waals surface area (Å²) in [4.78, 5) is 4.68. The van der Waals surface area contributed by atoms with Crippen molar-refractivity contribution in [1.82, 2.24) is 10.6 Å². The molecule has 0 saturated heterocycles. The maximum absolute atomic E-state index is 5.57. The zero-order valence-corrected chi connectivity index (χ0v) is 16.9. The molecule has 0 amide bonds. The van der Waals surface area contributed by atoms with E-state index in [9.17, 15) is 0 Å². The number of aliphatic imine (C=N–C) groups is 1. The molecular weight excluding hydrogens is 354 g/mol. The van der Waals surface area contributed by atoms with Crippen molar-refractivity contribution in [3.8, 4) is 17.2 Å². The minimum atomic E-state index is 0.561. The Kier molecular flexibility index (Phi) is 7.00. The molecule has 0 saturated carbocycles. The first kappa shape index (κ1) is 19.9. The highest BCUT2D eigenvalue weighted by atomic mass is 16.5. The van der Waals surface area contributed by atoms with Crippen LogP contribution in [0.2, 0.25) is 0 Å². The summed E-state index contributed by atoms with van der Waals surface area (Å²) < 4.78 is 16.2. The highest BCUT2D eigenvalue weighted by Gasteiger charge is 2.11. The summed E-state index contributed by atoms with van der Waals surface area (Å²) in [5.41, 5.74) is 3.69. The number of ether oxygens (including phenoxy) is 3. The van der Waals surface area contributed by atoms with Gasteiger partial charge in [0.15, 0.2) is 17.5 Å². The molecule has 0 fully saturated rings. The van der Waals surface area contributed by atoms with Crippen LogP contribution in [0, 0.1) is 0 Å². The van der Waals surface area contributed by atoms with Gasteiger partial charge in [-0.25, -0.2) is 4.99 Å². The highest BCUT2D eigenvalue weighted by molar-refractivity contribution is 5.79. The molecule has 6 heteroatoms.